The van der Waals surface area contributed by atoms with Crippen LogP contribution in [-0.2, 0) is 24.5 Å². The van der Waals surface area contributed by atoms with Crippen molar-refractivity contribution < 1.29 is 19.1 Å². The highest BCUT2D eigenvalue weighted by Crippen LogP contribution is 2.57. The number of allylic oxidation sites excluding steroid dienone is 1. The molecule has 0 saturated carbocycles. The van der Waals surface area contributed by atoms with Gasteiger partial charge in [-0.3, -0.25) is 14.5 Å². The second-order valence-electron chi connectivity index (χ2n) is 10.0. The minimum absolute atomic E-state index is 0.0541. The normalized spacial score (nSPS) is 22.8. The van der Waals surface area contributed by atoms with E-state index in [4.69, 9.17) is 22.1 Å². The number of rotatable bonds is 2. The summed E-state index contributed by atoms with van der Waals surface area (Å²) in [6, 6.07) is 12.5. The summed E-state index contributed by atoms with van der Waals surface area (Å²) in [7, 11) is 1.23. The van der Waals surface area contributed by atoms with E-state index in [1.165, 1.54) is 7.11 Å². The number of nitrogens with one attached hydrogen (secondary N) is 1. The summed E-state index contributed by atoms with van der Waals surface area (Å²) < 4.78 is 5.16. The van der Waals surface area contributed by atoms with E-state index < -0.39 is 17.3 Å². The molecule has 1 unspecified atom stereocenters. The van der Waals surface area contributed by atoms with Crippen LogP contribution in [0.25, 0.3) is 0 Å². The number of esters is 1. The third-order valence-electron chi connectivity index (χ3n) is 7.09. The van der Waals surface area contributed by atoms with Crippen LogP contribution in [0.2, 0.25) is 5.02 Å². The molecule has 3 N–H and O–H groups in total. The van der Waals surface area contributed by atoms with Gasteiger partial charge in [0.1, 0.15) is 16.8 Å². The molecule has 1 aliphatic carbocycles. The second kappa shape index (κ2) is 7.71. The molecule has 2 aromatic carbocycles. The zero-order chi connectivity index (χ0) is 25.3. The van der Waals surface area contributed by atoms with Crippen molar-refractivity contribution in [1.29, 1.82) is 0 Å². The lowest BCUT2D eigenvalue weighted by Crippen LogP contribution is -2.54. The zero-order valence-corrected chi connectivity index (χ0v) is 20.7. The Morgan fingerprint density at radius 1 is 1.14 bits per heavy atom. The number of ether oxygens (including phenoxy) is 1. The summed E-state index contributed by atoms with van der Waals surface area (Å²) in [4.78, 5) is 43.0. The fourth-order valence-electron chi connectivity index (χ4n) is 5.70. The third kappa shape index (κ3) is 3.14. The number of Topliss-reactive ketones (excluding diaryl/α,β-unsaturated/α-hetero) is 1. The van der Waals surface area contributed by atoms with E-state index in [0.717, 1.165) is 11.3 Å². The number of benzene rings is 2. The van der Waals surface area contributed by atoms with Crippen molar-refractivity contribution in [3.05, 3.63) is 81.3 Å². The van der Waals surface area contributed by atoms with Gasteiger partial charge in [-0.15, -0.1) is 0 Å². The van der Waals surface area contributed by atoms with E-state index >= 15 is 0 Å². The van der Waals surface area contributed by atoms with Crippen LogP contribution in [0.5, 0.6) is 0 Å². The van der Waals surface area contributed by atoms with Crippen molar-refractivity contribution in [2.75, 3.05) is 17.3 Å². The highest BCUT2D eigenvalue weighted by atomic mass is 35.5. The Bertz CT molecular complexity index is 1390. The molecular weight excluding hydrogens is 466 g/mol. The maximum absolute atomic E-state index is 14.0. The Labute approximate surface area is 208 Å². The average Bonchev–Trinajstić information content (AvgIpc) is 3.05. The van der Waals surface area contributed by atoms with Gasteiger partial charge in [0.05, 0.1) is 12.8 Å². The number of carbonyl (C=O) groups excluding carboxylic acids is 3. The maximum Gasteiger partial charge on any atom is 0.339 e. The van der Waals surface area contributed by atoms with Gasteiger partial charge in [-0.25, -0.2) is 4.79 Å². The fraction of sp³-hybridized carbons (Fsp3) is 0.296. The first-order valence-electron chi connectivity index (χ1n) is 11.4. The van der Waals surface area contributed by atoms with Gasteiger partial charge in [-0.05, 0) is 48.6 Å². The van der Waals surface area contributed by atoms with E-state index in [2.05, 4.69) is 5.32 Å². The second-order valence-corrected chi connectivity index (χ2v) is 10.5. The highest BCUT2D eigenvalue weighted by molar-refractivity contribution is 6.31. The van der Waals surface area contributed by atoms with Crippen molar-refractivity contribution in [2.45, 2.75) is 39.0 Å². The van der Waals surface area contributed by atoms with Gasteiger partial charge in [-0.1, -0.05) is 43.6 Å². The molecule has 1 atom stereocenters. The van der Waals surface area contributed by atoms with Crippen LogP contribution in [0.1, 0.15) is 37.8 Å². The molecule has 0 bridgehead atoms. The first-order valence-corrected chi connectivity index (χ1v) is 11.7. The lowest BCUT2D eigenvalue weighted by molar-refractivity contribution is -0.138. The minimum atomic E-state index is -1.76. The van der Waals surface area contributed by atoms with Crippen molar-refractivity contribution in [2.24, 2.45) is 11.1 Å². The minimum Gasteiger partial charge on any atom is -0.466 e. The molecule has 0 radical (unpaired) electrons. The first kappa shape index (κ1) is 23.2. The standard InChI is InChI=1S/C27H26ClN3O4/c1-14-7-5-6-8-18(14)31-19-12-26(2,3)13-20(32)21(19)27(22(23(31)29)24(33)35-4)16-11-15(28)9-10-17(16)30-25(27)34/h5-11H,12-13,29H2,1-4H3,(H,30,34). The number of fused-ring (bicyclic) bond motifs is 3. The third-order valence-corrected chi connectivity index (χ3v) is 7.32. The Morgan fingerprint density at radius 3 is 2.54 bits per heavy atom. The number of ketones is 1. The van der Waals surface area contributed by atoms with Crippen molar-refractivity contribution >= 4 is 40.6 Å². The molecule has 0 saturated heterocycles. The van der Waals surface area contributed by atoms with E-state index in [0.29, 0.717) is 28.4 Å². The van der Waals surface area contributed by atoms with Gasteiger partial charge in [-0.2, -0.15) is 0 Å². The number of aryl methyl sites for hydroxylation is 1. The number of hydrogen-bond donors (Lipinski definition) is 2. The molecule has 3 aliphatic rings. The molecule has 0 fully saturated rings. The number of halogens is 1. The van der Waals surface area contributed by atoms with E-state index in [9.17, 15) is 14.4 Å². The molecule has 2 heterocycles. The molecule has 8 heteroatoms. The number of para-hydroxylation sites is 1. The smallest absolute Gasteiger partial charge is 0.339 e. The summed E-state index contributed by atoms with van der Waals surface area (Å²) in [6.45, 7) is 5.94. The maximum atomic E-state index is 14.0. The molecule has 35 heavy (non-hydrogen) atoms. The van der Waals surface area contributed by atoms with Crippen LogP contribution in [0.3, 0.4) is 0 Å². The SMILES string of the molecule is COC(=O)C1=C(N)N(c2ccccc2C)C2=C(C(=O)CC(C)(C)C2)C12C(=O)Nc1ccc(Cl)cc12. The van der Waals surface area contributed by atoms with Crippen molar-refractivity contribution in [1.82, 2.24) is 0 Å². The summed E-state index contributed by atoms with van der Waals surface area (Å²) in [5.74, 6) is -1.47. The van der Waals surface area contributed by atoms with E-state index in [1.54, 1.807) is 23.1 Å². The predicted octanol–water partition coefficient (Wildman–Crippen LogP) is 4.35. The number of methoxy groups -OCH3 is 1. The van der Waals surface area contributed by atoms with Gasteiger partial charge in [0, 0.05) is 34.0 Å². The molecule has 2 aromatic rings. The van der Waals surface area contributed by atoms with Crippen LogP contribution in [-0.4, -0.2) is 24.8 Å². The molecule has 0 aromatic heterocycles. The van der Waals surface area contributed by atoms with Gasteiger partial charge < -0.3 is 15.8 Å². The Balaban J connectivity index is 1.96. The fourth-order valence-corrected chi connectivity index (χ4v) is 5.87. The Hall–Kier alpha value is -3.58. The van der Waals surface area contributed by atoms with Crippen LogP contribution in [0.4, 0.5) is 11.4 Å². The quantitative estimate of drug-likeness (QED) is 0.606. The van der Waals surface area contributed by atoms with Gasteiger partial charge >= 0.3 is 5.97 Å². The Kier molecular flexibility index (Phi) is 5.11. The lowest BCUT2D eigenvalue weighted by atomic mass is 9.60. The lowest BCUT2D eigenvalue weighted by Gasteiger charge is -2.47. The van der Waals surface area contributed by atoms with Crippen molar-refractivity contribution in [3.8, 4) is 0 Å². The van der Waals surface area contributed by atoms with Crippen LogP contribution in [0.15, 0.2) is 65.1 Å². The summed E-state index contributed by atoms with van der Waals surface area (Å²) in [5.41, 5.74) is 7.93. The molecule has 7 nitrogen and oxygen atoms in total. The number of anilines is 2. The number of hydrogen-bond acceptors (Lipinski definition) is 6. The van der Waals surface area contributed by atoms with Gasteiger partial charge in [0.15, 0.2) is 5.78 Å². The highest BCUT2D eigenvalue weighted by Gasteiger charge is 2.63. The van der Waals surface area contributed by atoms with Gasteiger partial charge in [0.25, 0.3) is 0 Å². The molecule has 1 amide bonds. The van der Waals surface area contributed by atoms with Crippen LogP contribution >= 0.6 is 11.6 Å². The first-order chi connectivity index (χ1) is 16.5. The monoisotopic (exact) mass is 491 g/mol. The largest absolute Gasteiger partial charge is 0.466 e. The molecular formula is C27H26ClN3O4. The predicted molar refractivity (Wildman–Crippen MR) is 134 cm³/mol. The van der Waals surface area contributed by atoms with Gasteiger partial charge in [0.2, 0.25) is 5.91 Å². The number of carbonyl (C=O) groups is 3. The van der Waals surface area contributed by atoms with E-state index in [1.807, 2.05) is 45.0 Å². The topological polar surface area (TPSA) is 102 Å². The molecule has 2 aliphatic heterocycles. The van der Waals surface area contributed by atoms with Crippen LogP contribution < -0.4 is 16.0 Å². The van der Waals surface area contributed by atoms with Crippen molar-refractivity contribution in [3.63, 3.8) is 0 Å². The molecule has 5 rings (SSSR count). The number of amides is 1. The van der Waals surface area contributed by atoms with E-state index in [-0.39, 0.29) is 34.6 Å². The summed E-state index contributed by atoms with van der Waals surface area (Å²) in [5, 5.41) is 3.22. The zero-order valence-electron chi connectivity index (χ0n) is 20.0. The Morgan fingerprint density at radius 2 is 1.86 bits per heavy atom. The summed E-state index contributed by atoms with van der Waals surface area (Å²) in [6.07, 6.45) is 0.690. The number of nitrogens with zero attached hydrogens (tertiary/aromatic N) is 1. The molecule has 180 valence electrons. The van der Waals surface area contributed by atoms with Crippen LogP contribution in [0, 0.1) is 12.3 Å². The molecule has 1 spiro atoms. The summed E-state index contributed by atoms with van der Waals surface area (Å²) >= 11 is 6.36. The number of nitrogens with two attached hydrogens (primary N) is 1. The average molecular weight is 492 g/mol.